The zero-order chi connectivity index (χ0) is 16.0. The van der Waals surface area contributed by atoms with E-state index >= 15 is 0 Å². The molecule has 0 saturated carbocycles. The van der Waals surface area contributed by atoms with Crippen LogP contribution >= 0.6 is 0 Å². The lowest BCUT2D eigenvalue weighted by Gasteiger charge is -2.08. The zero-order valence-corrected chi connectivity index (χ0v) is 12.8. The van der Waals surface area contributed by atoms with Gasteiger partial charge >= 0.3 is 0 Å². The fourth-order valence-electron chi connectivity index (χ4n) is 3.19. The van der Waals surface area contributed by atoms with E-state index in [1.165, 1.54) is 12.1 Å². The van der Waals surface area contributed by atoms with Crippen LogP contribution in [0.25, 0.3) is 21.8 Å². The van der Waals surface area contributed by atoms with Gasteiger partial charge in [0.2, 0.25) is 0 Å². The molecular formula is C20H16FNO. The maximum atomic E-state index is 13.1. The van der Waals surface area contributed by atoms with Crippen LogP contribution in [0.1, 0.15) is 11.1 Å². The van der Waals surface area contributed by atoms with E-state index in [-0.39, 0.29) is 11.6 Å². The Kier molecular flexibility index (Phi) is 3.08. The molecule has 0 fully saturated rings. The summed E-state index contributed by atoms with van der Waals surface area (Å²) in [5.74, 6) is 0.0557. The van der Waals surface area contributed by atoms with Crippen molar-refractivity contribution in [2.75, 3.05) is 0 Å². The summed E-state index contributed by atoms with van der Waals surface area (Å²) in [6.45, 7) is 2.68. The van der Waals surface area contributed by atoms with Crippen LogP contribution in [-0.4, -0.2) is 9.67 Å². The molecule has 0 radical (unpaired) electrons. The molecule has 0 aliphatic carbocycles. The average Bonchev–Trinajstić information content (AvgIpc) is 2.84. The predicted molar refractivity (Wildman–Crippen MR) is 91.3 cm³/mol. The van der Waals surface area contributed by atoms with Crippen molar-refractivity contribution in [2.45, 2.75) is 13.5 Å². The van der Waals surface area contributed by atoms with Gasteiger partial charge in [0.25, 0.3) is 0 Å². The highest BCUT2D eigenvalue weighted by molar-refractivity contribution is 6.11. The van der Waals surface area contributed by atoms with Crippen LogP contribution in [0.2, 0.25) is 0 Å². The highest BCUT2D eigenvalue weighted by Gasteiger charge is 2.13. The SMILES string of the molecule is Cc1ccc2c(c1)c1c(O)cccc1n2Cc1ccc(F)cc1. The van der Waals surface area contributed by atoms with E-state index in [1.807, 2.05) is 19.1 Å². The van der Waals surface area contributed by atoms with Gasteiger partial charge in [-0.1, -0.05) is 29.8 Å². The molecule has 3 aromatic carbocycles. The molecule has 2 nitrogen and oxygen atoms in total. The molecule has 4 aromatic rings. The van der Waals surface area contributed by atoms with Gasteiger partial charge in [-0.3, -0.25) is 0 Å². The quantitative estimate of drug-likeness (QED) is 0.554. The molecule has 0 aliphatic rings. The summed E-state index contributed by atoms with van der Waals surface area (Å²) in [6, 6.07) is 18.4. The summed E-state index contributed by atoms with van der Waals surface area (Å²) in [5, 5.41) is 12.2. The van der Waals surface area contributed by atoms with Crippen molar-refractivity contribution in [3.8, 4) is 5.75 Å². The number of aryl methyl sites for hydroxylation is 1. The number of benzene rings is 3. The first-order valence-electron chi connectivity index (χ1n) is 7.58. The number of halogens is 1. The lowest BCUT2D eigenvalue weighted by molar-refractivity contribution is 0.482. The Balaban J connectivity index is 2.00. The minimum absolute atomic E-state index is 0.232. The lowest BCUT2D eigenvalue weighted by atomic mass is 10.1. The Morgan fingerprint density at radius 3 is 2.52 bits per heavy atom. The first kappa shape index (κ1) is 13.8. The molecule has 1 N–H and O–H groups in total. The third kappa shape index (κ3) is 2.25. The lowest BCUT2D eigenvalue weighted by Crippen LogP contribution is -1.99. The summed E-state index contributed by atoms with van der Waals surface area (Å²) in [7, 11) is 0. The van der Waals surface area contributed by atoms with Crippen molar-refractivity contribution in [2.24, 2.45) is 0 Å². The van der Waals surface area contributed by atoms with Gasteiger partial charge in [0.05, 0.1) is 5.52 Å². The highest BCUT2D eigenvalue weighted by atomic mass is 19.1. The Labute approximate surface area is 133 Å². The van der Waals surface area contributed by atoms with Crippen molar-refractivity contribution < 1.29 is 9.50 Å². The number of aromatic nitrogens is 1. The van der Waals surface area contributed by atoms with E-state index in [9.17, 15) is 9.50 Å². The van der Waals surface area contributed by atoms with Gasteiger partial charge in [-0.05, 0) is 48.9 Å². The molecule has 4 rings (SSSR count). The number of phenolic OH excluding ortho intramolecular Hbond substituents is 1. The molecule has 0 spiro atoms. The van der Waals surface area contributed by atoms with Gasteiger partial charge in [-0.15, -0.1) is 0 Å². The number of rotatable bonds is 2. The number of aromatic hydroxyl groups is 1. The van der Waals surface area contributed by atoms with Crippen molar-refractivity contribution in [1.82, 2.24) is 4.57 Å². The van der Waals surface area contributed by atoms with Crippen molar-refractivity contribution >= 4 is 21.8 Å². The maximum absolute atomic E-state index is 13.1. The second-order valence-electron chi connectivity index (χ2n) is 5.90. The first-order chi connectivity index (χ1) is 11.1. The molecule has 0 aliphatic heterocycles. The minimum atomic E-state index is -0.232. The minimum Gasteiger partial charge on any atom is -0.507 e. The van der Waals surface area contributed by atoms with Gasteiger partial charge in [0.15, 0.2) is 0 Å². The average molecular weight is 305 g/mol. The number of phenols is 1. The number of hydrogen-bond acceptors (Lipinski definition) is 1. The molecule has 1 aromatic heterocycles. The highest BCUT2D eigenvalue weighted by Crippen LogP contribution is 2.35. The first-order valence-corrected chi connectivity index (χ1v) is 7.58. The molecule has 23 heavy (non-hydrogen) atoms. The standard InChI is InChI=1S/C20H16FNO/c1-13-5-10-17-16(11-13)20-18(3-2-4-19(20)23)22(17)12-14-6-8-15(21)9-7-14/h2-11,23H,12H2,1H3. The summed E-state index contributed by atoms with van der Waals surface area (Å²) in [6.07, 6.45) is 0. The van der Waals surface area contributed by atoms with Crippen LogP contribution in [0.5, 0.6) is 5.75 Å². The second kappa shape index (κ2) is 5.13. The van der Waals surface area contributed by atoms with Crippen LogP contribution in [0, 0.1) is 12.7 Å². The van der Waals surface area contributed by atoms with E-state index in [0.29, 0.717) is 6.54 Å². The molecule has 0 unspecified atom stereocenters. The summed E-state index contributed by atoms with van der Waals surface area (Å²) >= 11 is 0. The van der Waals surface area contributed by atoms with E-state index < -0.39 is 0 Å². The van der Waals surface area contributed by atoms with Gasteiger partial charge in [-0.25, -0.2) is 4.39 Å². The summed E-state index contributed by atoms with van der Waals surface area (Å²) in [4.78, 5) is 0. The molecule has 1 heterocycles. The monoisotopic (exact) mass is 305 g/mol. The van der Waals surface area contributed by atoms with Gasteiger partial charge in [-0.2, -0.15) is 0 Å². The second-order valence-corrected chi connectivity index (χ2v) is 5.90. The van der Waals surface area contributed by atoms with Crippen molar-refractivity contribution in [3.05, 3.63) is 77.6 Å². The van der Waals surface area contributed by atoms with E-state index in [1.54, 1.807) is 18.2 Å². The third-order valence-corrected chi connectivity index (χ3v) is 4.28. The number of hydrogen-bond donors (Lipinski definition) is 1. The van der Waals surface area contributed by atoms with E-state index in [2.05, 4.69) is 22.8 Å². The smallest absolute Gasteiger partial charge is 0.125 e. The third-order valence-electron chi connectivity index (χ3n) is 4.28. The summed E-state index contributed by atoms with van der Waals surface area (Å²) in [5.41, 5.74) is 4.22. The maximum Gasteiger partial charge on any atom is 0.125 e. The molecule has 0 saturated heterocycles. The Morgan fingerprint density at radius 1 is 0.957 bits per heavy atom. The predicted octanol–water partition coefficient (Wildman–Crippen LogP) is 5.00. The fraction of sp³-hybridized carbons (Fsp3) is 0.100. The molecule has 114 valence electrons. The Bertz CT molecular complexity index is 1020. The topological polar surface area (TPSA) is 25.2 Å². The largest absolute Gasteiger partial charge is 0.507 e. The van der Waals surface area contributed by atoms with Crippen molar-refractivity contribution in [1.29, 1.82) is 0 Å². The zero-order valence-electron chi connectivity index (χ0n) is 12.8. The Hall–Kier alpha value is -2.81. The normalized spacial score (nSPS) is 11.4. The van der Waals surface area contributed by atoms with E-state index in [0.717, 1.165) is 32.9 Å². The summed E-state index contributed by atoms with van der Waals surface area (Å²) < 4.78 is 15.3. The molecule has 0 bridgehead atoms. The molecule has 0 atom stereocenters. The van der Waals surface area contributed by atoms with Gasteiger partial charge in [0, 0.05) is 22.8 Å². The van der Waals surface area contributed by atoms with Crippen LogP contribution in [-0.2, 0) is 6.54 Å². The van der Waals surface area contributed by atoms with Crippen LogP contribution in [0.3, 0.4) is 0 Å². The molecular weight excluding hydrogens is 289 g/mol. The fourth-order valence-corrected chi connectivity index (χ4v) is 3.19. The Morgan fingerprint density at radius 2 is 1.74 bits per heavy atom. The van der Waals surface area contributed by atoms with Gasteiger partial charge < -0.3 is 9.67 Å². The molecule has 3 heteroatoms. The van der Waals surface area contributed by atoms with Crippen LogP contribution in [0.15, 0.2) is 60.7 Å². The molecule has 0 amide bonds. The van der Waals surface area contributed by atoms with Crippen LogP contribution < -0.4 is 0 Å². The van der Waals surface area contributed by atoms with Crippen LogP contribution in [0.4, 0.5) is 4.39 Å². The van der Waals surface area contributed by atoms with Crippen molar-refractivity contribution in [3.63, 3.8) is 0 Å². The number of nitrogens with zero attached hydrogens (tertiary/aromatic N) is 1. The van der Waals surface area contributed by atoms with Gasteiger partial charge in [0.1, 0.15) is 11.6 Å². The van der Waals surface area contributed by atoms with E-state index in [4.69, 9.17) is 0 Å². The number of fused-ring (bicyclic) bond motifs is 3.